The van der Waals surface area contributed by atoms with Crippen LogP contribution in [0.1, 0.15) is 30.4 Å². The van der Waals surface area contributed by atoms with Crippen LogP contribution in [-0.4, -0.2) is 23.9 Å². The number of likely N-dealkylation sites (tertiary alicyclic amines) is 1. The van der Waals surface area contributed by atoms with Gasteiger partial charge >= 0.3 is 0 Å². The predicted octanol–water partition coefficient (Wildman–Crippen LogP) is 3.84. The molecule has 17 heavy (non-hydrogen) atoms. The molecule has 1 heterocycles. The maximum atomic E-state index is 5.84. The fourth-order valence-electron chi connectivity index (χ4n) is 2.64. The van der Waals surface area contributed by atoms with Crippen molar-refractivity contribution in [3.63, 3.8) is 0 Å². The molecule has 1 fully saturated rings. The zero-order valence-electron chi connectivity index (χ0n) is 10.7. The minimum absolute atomic E-state index is 0.809. The Balaban J connectivity index is 1.87. The SMILES string of the molecule is Cc1ccc(CN2CCCC(CCCl)C2)cc1. The summed E-state index contributed by atoms with van der Waals surface area (Å²) in [5, 5.41) is 0. The summed E-state index contributed by atoms with van der Waals surface area (Å²) in [6.45, 7) is 5.70. The average Bonchev–Trinajstić information content (AvgIpc) is 2.33. The molecule has 0 saturated carbocycles. The number of nitrogens with zero attached hydrogens (tertiary/aromatic N) is 1. The summed E-state index contributed by atoms with van der Waals surface area (Å²) in [7, 11) is 0. The van der Waals surface area contributed by atoms with Gasteiger partial charge in [0.2, 0.25) is 0 Å². The fraction of sp³-hybridized carbons (Fsp3) is 0.600. The van der Waals surface area contributed by atoms with Gasteiger partial charge in [0.1, 0.15) is 0 Å². The molecule has 1 atom stereocenters. The van der Waals surface area contributed by atoms with Gasteiger partial charge in [-0.15, -0.1) is 11.6 Å². The molecule has 0 bridgehead atoms. The van der Waals surface area contributed by atoms with E-state index in [-0.39, 0.29) is 0 Å². The van der Waals surface area contributed by atoms with Crippen molar-refractivity contribution in [2.45, 2.75) is 32.7 Å². The molecule has 0 radical (unpaired) electrons. The highest BCUT2D eigenvalue weighted by molar-refractivity contribution is 6.17. The van der Waals surface area contributed by atoms with E-state index in [9.17, 15) is 0 Å². The minimum Gasteiger partial charge on any atom is -0.299 e. The molecule has 0 amide bonds. The highest BCUT2D eigenvalue weighted by Gasteiger charge is 2.19. The quantitative estimate of drug-likeness (QED) is 0.735. The first-order valence-electron chi connectivity index (χ1n) is 6.62. The predicted molar refractivity (Wildman–Crippen MR) is 74.5 cm³/mol. The summed E-state index contributed by atoms with van der Waals surface area (Å²) >= 11 is 5.84. The summed E-state index contributed by atoms with van der Waals surface area (Å²) < 4.78 is 0. The van der Waals surface area contributed by atoms with Gasteiger partial charge in [0.05, 0.1) is 0 Å². The summed E-state index contributed by atoms with van der Waals surface area (Å²) in [5.41, 5.74) is 2.77. The largest absolute Gasteiger partial charge is 0.299 e. The maximum absolute atomic E-state index is 5.84. The molecule has 0 aromatic heterocycles. The molecule has 2 heteroatoms. The van der Waals surface area contributed by atoms with Crippen LogP contribution in [0.4, 0.5) is 0 Å². The second-order valence-corrected chi connectivity index (χ2v) is 5.58. The van der Waals surface area contributed by atoms with Crippen molar-refractivity contribution < 1.29 is 0 Å². The zero-order valence-corrected chi connectivity index (χ0v) is 11.4. The molecule has 1 unspecified atom stereocenters. The monoisotopic (exact) mass is 251 g/mol. The molecule has 1 aromatic carbocycles. The third-order valence-electron chi connectivity index (χ3n) is 3.65. The van der Waals surface area contributed by atoms with Crippen molar-refractivity contribution in [2.75, 3.05) is 19.0 Å². The van der Waals surface area contributed by atoms with E-state index in [2.05, 4.69) is 36.1 Å². The highest BCUT2D eigenvalue weighted by Crippen LogP contribution is 2.21. The molecular weight excluding hydrogens is 230 g/mol. The molecule has 1 saturated heterocycles. The van der Waals surface area contributed by atoms with E-state index in [1.54, 1.807) is 0 Å². The van der Waals surface area contributed by atoms with Crippen LogP contribution in [-0.2, 0) is 6.54 Å². The molecule has 1 aliphatic rings. The first kappa shape index (κ1) is 12.9. The molecule has 0 spiro atoms. The zero-order chi connectivity index (χ0) is 12.1. The van der Waals surface area contributed by atoms with Crippen LogP contribution in [0.2, 0.25) is 0 Å². The average molecular weight is 252 g/mol. The van der Waals surface area contributed by atoms with Crippen LogP contribution in [0.3, 0.4) is 0 Å². The minimum atomic E-state index is 0.809. The van der Waals surface area contributed by atoms with Crippen molar-refractivity contribution in [1.82, 2.24) is 4.90 Å². The Morgan fingerprint density at radius 1 is 1.29 bits per heavy atom. The van der Waals surface area contributed by atoms with Gasteiger partial charge in [0.25, 0.3) is 0 Å². The van der Waals surface area contributed by atoms with Crippen LogP contribution in [0.5, 0.6) is 0 Å². The van der Waals surface area contributed by atoms with E-state index in [0.29, 0.717) is 0 Å². The fourth-order valence-corrected chi connectivity index (χ4v) is 2.95. The summed E-state index contributed by atoms with van der Waals surface area (Å²) in [6.07, 6.45) is 3.86. The first-order valence-corrected chi connectivity index (χ1v) is 7.15. The topological polar surface area (TPSA) is 3.24 Å². The summed E-state index contributed by atoms with van der Waals surface area (Å²) in [4.78, 5) is 2.57. The first-order chi connectivity index (χ1) is 8.28. The Labute approximate surface area is 110 Å². The molecule has 1 nitrogen and oxygen atoms in total. The van der Waals surface area contributed by atoms with Crippen molar-refractivity contribution in [1.29, 1.82) is 0 Å². The summed E-state index contributed by atoms with van der Waals surface area (Å²) in [5.74, 6) is 1.62. The van der Waals surface area contributed by atoms with Crippen LogP contribution >= 0.6 is 11.6 Å². The third kappa shape index (κ3) is 4.01. The van der Waals surface area contributed by atoms with Gasteiger partial charge in [-0.1, -0.05) is 29.8 Å². The molecule has 0 N–H and O–H groups in total. The number of hydrogen-bond donors (Lipinski definition) is 0. The number of piperidine rings is 1. The lowest BCUT2D eigenvalue weighted by Gasteiger charge is -2.32. The Bertz CT molecular complexity index is 331. The third-order valence-corrected chi connectivity index (χ3v) is 3.87. The van der Waals surface area contributed by atoms with E-state index in [4.69, 9.17) is 11.6 Å². The van der Waals surface area contributed by atoms with Gasteiger partial charge in [-0.3, -0.25) is 4.90 Å². The number of halogens is 1. The van der Waals surface area contributed by atoms with Gasteiger partial charge in [0.15, 0.2) is 0 Å². The van der Waals surface area contributed by atoms with Crippen LogP contribution in [0, 0.1) is 12.8 Å². The lowest BCUT2D eigenvalue weighted by atomic mass is 9.95. The van der Waals surface area contributed by atoms with Gasteiger partial charge in [-0.2, -0.15) is 0 Å². The van der Waals surface area contributed by atoms with Gasteiger partial charge < -0.3 is 0 Å². The lowest BCUT2D eigenvalue weighted by molar-refractivity contribution is 0.165. The molecule has 94 valence electrons. The van der Waals surface area contributed by atoms with Gasteiger partial charge in [-0.25, -0.2) is 0 Å². The number of benzene rings is 1. The van der Waals surface area contributed by atoms with Crippen LogP contribution in [0.15, 0.2) is 24.3 Å². The maximum Gasteiger partial charge on any atom is 0.0233 e. The highest BCUT2D eigenvalue weighted by atomic mass is 35.5. The van der Waals surface area contributed by atoms with Crippen molar-refractivity contribution in [3.05, 3.63) is 35.4 Å². The Morgan fingerprint density at radius 3 is 2.76 bits per heavy atom. The van der Waals surface area contributed by atoms with Crippen molar-refractivity contribution >= 4 is 11.6 Å². The van der Waals surface area contributed by atoms with E-state index in [0.717, 1.165) is 18.3 Å². The lowest BCUT2D eigenvalue weighted by Crippen LogP contribution is -2.35. The van der Waals surface area contributed by atoms with Gasteiger partial charge in [-0.05, 0) is 44.2 Å². The Hall–Kier alpha value is -0.530. The van der Waals surface area contributed by atoms with Crippen LogP contribution in [0.25, 0.3) is 0 Å². The molecule has 2 rings (SSSR count). The standard InChI is InChI=1S/C15H22ClN/c1-13-4-6-15(7-5-13)12-17-10-2-3-14(11-17)8-9-16/h4-7,14H,2-3,8-12H2,1H3. The summed E-state index contributed by atoms with van der Waals surface area (Å²) in [6, 6.07) is 8.91. The number of rotatable bonds is 4. The Kier molecular flexibility index (Phi) is 4.87. The van der Waals surface area contributed by atoms with Gasteiger partial charge in [0, 0.05) is 19.0 Å². The molecule has 1 aromatic rings. The van der Waals surface area contributed by atoms with E-state index in [1.807, 2.05) is 0 Å². The normalized spacial score (nSPS) is 21.6. The number of hydrogen-bond acceptors (Lipinski definition) is 1. The van der Waals surface area contributed by atoms with E-state index >= 15 is 0 Å². The second-order valence-electron chi connectivity index (χ2n) is 5.21. The molecule has 0 aliphatic carbocycles. The van der Waals surface area contributed by atoms with E-state index in [1.165, 1.54) is 43.5 Å². The van der Waals surface area contributed by atoms with Crippen molar-refractivity contribution in [2.24, 2.45) is 5.92 Å². The van der Waals surface area contributed by atoms with Crippen LogP contribution < -0.4 is 0 Å². The number of aryl methyl sites for hydroxylation is 1. The smallest absolute Gasteiger partial charge is 0.0233 e. The number of alkyl halides is 1. The molecular formula is C15H22ClN. The molecule has 1 aliphatic heterocycles. The second kappa shape index (κ2) is 6.42. The van der Waals surface area contributed by atoms with Crippen molar-refractivity contribution in [3.8, 4) is 0 Å². The van der Waals surface area contributed by atoms with E-state index < -0.39 is 0 Å². The Morgan fingerprint density at radius 2 is 2.06 bits per heavy atom.